The lowest BCUT2D eigenvalue weighted by Crippen LogP contribution is -2.50. The van der Waals surface area contributed by atoms with Gasteiger partial charge in [0.05, 0.1) is 16.8 Å². The van der Waals surface area contributed by atoms with Gasteiger partial charge in [0.15, 0.2) is 0 Å². The van der Waals surface area contributed by atoms with E-state index >= 15 is 0 Å². The zero-order valence-corrected chi connectivity index (χ0v) is 15.4. The van der Waals surface area contributed by atoms with E-state index in [0.717, 1.165) is 27.7 Å². The zero-order chi connectivity index (χ0) is 18.5. The number of pyridine rings is 1. The summed E-state index contributed by atoms with van der Waals surface area (Å²) in [6.07, 6.45) is 1.81. The van der Waals surface area contributed by atoms with Crippen LogP contribution in [-0.2, 0) is 10.3 Å². The Morgan fingerprint density at radius 3 is 2.54 bits per heavy atom. The minimum Gasteiger partial charge on any atom is -0.371 e. The summed E-state index contributed by atoms with van der Waals surface area (Å²) in [5.74, 6) is -0.277. The first-order valence-corrected chi connectivity index (χ1v) is 8.67. The summed E-state index contributed by atoms with van der Waals surface area (Å²) in [4.78, 5) is 9.53. The summed E-state index contributed by atoms with van der Waals surface area (Å²) in [5, 5.41) is 1.03. The Morgan fingerprint density at radius 1 is 1.00 bits per heavy atom. The Balaban J connectivity index is 2.01. The monoisotopic (exact) mass is 348 g/mol. The highest BCUT2D eigenvalue weighted by atomic mass is 19.1. The number of hydrogen-bond acceptors (Lipinski definition) is 3. The van der Waals surface area contributed by atoms with Crippen LogP contribution in [0.4, 0.5) is 4.39 Å². The number of methoxy groups -OCH3 is 1. The molecule has 0 spiro atoms. The van der Waals surface area contributed by atoms with Crippen molar-refractivity contribution < 1.29 is 9.13 Å². The van der Waals surface area contributed by atoms with E-state index in [9.17, 15) is 4.39 Å². The molecule has 26 heavy (non-hydrogen) atoms. The highest BCUT2D eigenvalue weighted by Crippen LogP contribution is 2.45. The SMILES string of the molecule is COC1(C)c2c(F)cccc2C(c2cnc3ccccc3c2)=NC1(C)C. The molecule has 2 heterocycles. The molecule has 0 fully saturated rings. The molecular weight excluding hydrogens is 327 g/mol. The summed E-state index contributed by atoms with van der Waals surface area (Å²) >= 11 is 0. The van der Waals surface area contributed by atoms with Gasteiger partial charge < -0.3 is 4.74 Å². The lowest BCUT2D eigenvalue weighted by Gasteiger charge is -2.45. The topological polar surface area (TPSA) is 34.5 Å². The molecule has 1 aromatic heterocycles. The molecule has 3 aromatic rings. The van der Waals surface area contributed by atoms with Crippen molar-refractivity contribution in [1.82, 2.24) is 4.98 Å². The maximum Gasteiger partial charge on any atom is 0.130 e. The Kier molecular flexibility index (Phi) is 3.70. The average Bonchev–Trinajstić information content (AvgIpc) is 2.64. The summed E-state index contributed by atoms with van der Waals surface area (Å²) in [6.45, 7) is 5.84. The van der Waals surface area contributed by atoms with E-state index in [4.69, 9.17) is 9.73 Å². The molecule has 1 aliphatic heterocycles. The number of ether oxygens (including phenoxy) is 1. The van der Waals surface area contributed by atoms with E-state index in [1.54, 1.807) is 19.4 Å². The lowest BCUT2D eigenvalue weighted by atomic mass is 9.72. The molecule has 0 amide bonds. The number of rotatable bonds is 2. The van der Waals surface area contributed by atoms with Crippen LogP contribution < -0.4 is 0 Å². The minimum absolute atomic E-state index is 0.277. The van der Waals surface area contributed by atoms with Crippen LogP contribution in [0.2, 0.25) is 0 Å². The predicted molar refractivity (Wildman–Crippen MR) is 102 cm³/mol. The first kappa shape index (κ1) is 16.9. The Hall–Kier alpha value is -2.59. The standard InChI is InChI=1S/C22H21FN2O/c1-21(2)22(3,26-4)19-16(9-7-10-17(19)23)20(25-21)15-12-14-8-5-6-11-18(14)24-13-15/h5-13H,1-4H3. The molecule has 0 bridgehead atoms. The summed E-state index contributed by atoms with van der Waals surface area (Å²) < 4.78 is 20.7. The zero-order valence-electron chi connectivity index (χ0n) is 15.4. The molecule has 0 N–H and O–H groups in total. The molecule has 3 nitrogen and oxygen atoms in total. The second-order valence-electron chi connectivity index (χ2n) is 7.34. The number of para-hydroxylation sites is 1. The van der Waals surface area contributed by atoms with Crippen LogP contribution in [-0.4, -0.2) is 23.3 Å². The molecule has 0 saturated heterocycles. The number of benzene rings is 2. The molecular formula is C22H21FN2O. The molecule has 4 rings (SSSR count). The second-order valence-corrected chi connectivity index (χ2v) is 7.34. The molecule has 1 atom stereocenters. The Labute approximate surface area is 152 Å². The van der Waals surface area contributed by atoms with Crippen LogP contribution in [0.5, 0.6) is 0 Å². The van der Waals surface area contributed by atoms with Gasteiger partial charge >= 0.3 is 0 Å². The fraction of sp³-hybridized carbons (Fsp3) is 0.273. The lowest BCUT2D eigenvalue weighted by molar-refractivity contribution is -0.0545. The quantitative estimate of drug-likeness (QED) is 0.662. The van der Waals surface area contributed by atoms with Crippen LogP contribution in [0.25, 0.3) is 10.9 Å². The van der Waals surface area contributed by atoms with Crippen molar-refractivity contribution in [3.8, 4) is 0 Å². The van der Waals surface area contributed by atoms with E-state index in [0.29, 0.717) is 5.56 Å². The van der Waals surface area contributed by atoms with E-state index in [1.165, 1.54) is 6.07 Å². The molecule has 2 aromatic carbocycles. The molecule has 132 valence electrons. The maximum atomic E-state index is 14.9. The minimum atomic E-state index is -0.860. The van der Waals surface area contributed by atoms with Crippen molar-refractivity contribution in [3.63, 3.8) is 0 Å². The first-order chi connectivity index (χ1) is 12.4. The van der Waals surface area contributed by atoms with Gasteiger partial charge in [0.2, 0.25) is 0 Å². The van der Waals surface area contributed by atoms with Crippen molar-refractivity contribution in [2.24, 2.45) is 4.99 Å². The van der Waals surface area contributed by atoms with Crippen molar-refractivity contribution in [2.45, 2.75) is 31.9 Å². The predicted octanol–water partition coefficient (Wildman–Crippen LogP) is 4.87. The third-order valence-corrected chi connectivity index (χ3v) is 5.58. The fourth-order valence-electron chi connectivity index (χ4n) is 3.73. The van der Waals surface area contributed by atoms with Gasteiger partial charge in [0, 0.05) is 35.4 Å². The van der Waals surface area contributed by atoms with Crippen molar-refractivity contribution >= 4 is 16.6 Å². The third kappa shape index (κ3) is 2.29. The van der Waals surface area contributed by atoms with Gasteiger partial charge in [0.25, 0.3) is 0 Å². The summed E-state index contributed by atoms with van der Waals surface area (Å²) in [7, 11) is 1.61. The van der Waals surface area contributed by atoms with Crippen LogP contribution in [0.15, 0.2) is 59.7 Å². The van der Waals surface area contributed by atoms with E-state index < -0.39 is 11.1 Å². The van der Waals surface area contributed by atoms with Gasteiger partial charge in [-0.05, 0) is 39.0 Å². The number of fused-ring (bicyclic) bond motifs is 2. The molecule has 0 saturated carbocycles. The van der Waals surface area contributed by atoms with Gasteiger partial charge in [-0.25, -0.2) is 4.39 Å². The molecule has 0 aliphatic carbocycles. The Bertz CT molecular complexity index is 1040. The maximum absolute atomic E-state index is 14.9. The molecule has 1 aliphatic rings. The third-order valence-electron chi connectivity index (χ3n) is 5.58. The molecule has 0 radical (unpaired) electrons. The smallest absolute Gasteiger partial charge is 0.130 e. The van der Waals surface area contributed by atoms with Gasteiger partial charge in [-0.2, -0.15) is 0 Å². The van der Waals surface area contributed by atoms with Gasteiger partial charge in [-0.1, -0.05) is 30.3 Å². The first-order valence-electron chi connectivity index (χ1n) is 8.67. The van der Waals surface area contributed by atoms with Crippen molar-refractivity contribution in [2.75, 3.05) is 7.11 Å². The fourth-order valence-corrected chi connectivity index (χ4v) is 3.73. The molecule has 4 heteroatoms. The normalized spacial score (nSPS) is 21.3. The van der Waals surface area contributed by atoms with Gasteiger partial charge in [0.1, 0.15) is 11.4 Å². The number of hydrogen-bond donors (Lipinski definition) is 0. The number of aromatic nitrogens is 1. The largest absolute Gasteiger partial charge is 0.371 e. The van der Waals surface area contributed by atoms with E-state index in [1.807, 2.05) is 51.1 Å². The van der Waals surface area contributed by atoms with Crippen molar-refractivity contribution in [1.29, 1.82) is 0 Å². The second kappa shape index (κ2) is 5.71. The van der Waals surface area contributed by atoms with Gasteiger partial charge in [-0.15, -0.1) is 0 Å². The highest BCUT2D eigenvalue weighted by Gasteiger charge is 2.49. The van der Waals surface area contributed by atoms with E-state index in [2.05, 4.69) is 11.1 Å². The Morgan fingerprint density at radius 2 is 1.77 bits per heavy atom. The number of halogens is 1. The van der Waals surface area contributed by atoms with Crippen LogP contribution >= 0.6 is 0 Å². The summed E-state index contributed by atoms with van der Waals surface area (Å²) in [5.41, 5.74) is 2.35. The average molecular weight is 348 g/mol. The van der Waals surface area contributed by atoms with Crippen molar-refractivity contribution in [3.05, 3.63) is 77.2 Å². The van der Waals surface area contributed by atoms with Crippen LogP contribution in [0, 0.1) is 5.82 Å². The number of nitrogens with zero attached hydrogens (tertiary/aromatic N) is 2. The van der Waals surface area contributed by atoms with Crippen LogP contribution in [0.3, 0.4) is 0 Å². The van der Waals surface area contributed by atoms with E-state index in [-0.39, 0.29) is 5.82 Å². The summed E-state index contributed by atoms with van der Waals surface area (Å²) in [6, 6.07) is 15.1. The number of aliphatic imine (C=N–C) groups is 1. The van der Waals surface area contributed by atoms with Gasteiger partial charge in [-0.3, -0.25) is 9.98 Å². The van der Waals surface area contributed by atoms with Crippen LogP contribution in [0.1, 0.15) is 37.5 Å². The molecule has 1 unspecified atom stereocenters. The highest BCUT2D eigenvalue weighted by molar-refractivity contribution is 6.15.